The van der Waals surface area contributed by atoms with Crippen LogP contribution in [0.25, 0.3) is 0 Å². The largest absolute Gasteiger partial charge is 0.392 e. The summed E-state index contributed by atoms with van der Waals surface area (Å²) in [5, 5.41) is 15.5. The van der Waals surface area contributed by atoms with Gasteiger partial charge in [0.15, 0.2) is 6.29 Å². The fourth-order valence-corrected chi connectivity index (χ4v) is 7.27. The molecule has 1 aliphatic carbocycles. The minimum absolute atomic E-state index is 0.0236. The summed E-state index contributed by atoms with van der Waals surface area (Å²) in [5.74, 6) is -0.000906. The number of benzene rings is 2. The van der Waals surface area contributed by atoms with E-state index in [9.17, 15) is 14.7 Å². The maximum Gasteiger partial charge on any atom is 0.272 e. The zero-order chi connectivity index (χ0) is 33.1. The van der Waals surface area contributed by atoms with Crippen molar-refractivity contribution in [3.05, 3.63) is 70.8 Å². The number of hydrogen-bond acceptors (Lipinski definition) is 6. The number of hydrogen-bond donors (Lipinski definition) is 3. The molecule has 2 heterocycles. The first kappa shape index (κ1) is 35.4. The summed E-state index contributed by atoms with van der Waals surface area (Å²) >= 11 is 17.0. The Bertz CT molecular complexity index is 1330. The van der Waals surface area contributed by atoms with E-state index in [4.69, 9.17) is 44.3 Å². The van der Waals surface area contributed by atoms with Crippen molar-refractivity contribution in [2.45, 2.75) is 119 Å². The van der Waals surface area contributed by atoms with Crippen LogP contribution in [0.3, 0.4) is 0 Å². The Morgan fingerprint density at radius 1 is 0.891 bits per heavy atom. The fourth-order valence-electron chi connectivity index (χ4n) is 7.07. The lowest BCUT2D eigenvalue weighted by molar-refractivity contribution is -0.255. The van der Waals surface area contributed by atoms with Crippen molar-refractivity contribution in [1.82, 2.24) is 15.5 Å². The molecule has 3 N–H and O–H groups in total. The third kappa shape index (κ3) is 9.16. The van der Waals surface area contributed by atoms with Crippen LogP contribution in [0.2, 0.25) is 0 Å². The Balaban J connectivity index is 1.38. The lowest BCUT2D eigenvalue weighted by Crippen LogP contribution is -2.61. The van der Waals surface area contributed by atoms with E-state index in [1.807, 2.05) is 69.3 Å². The van der Waals surface area contributed by atoms with E-state index in [-0.39, 0.29) is 42.8 Å². The number of carbonyl (C=O) groups is 2. The second-order valence-corrected chi connectivity index (χ2v) is 16.2. The highest BCUT2D eigenvalue weighted by molar-refractivity contribution is 6.76. The monoisotopic (exact) mass is 693 g/mol. The number of piperidine rings is 1. The molecule has 2 saturated heterocycles. The lowest BCUT2D eigenvalue weighted by atomic mass is 9.75. The highest BCUT2D eigenvalue weighted by Gasteiger charge is 2.44. The maximum atomic E-state index is 13.7. The summed E-state index contributed by atoms with van der Waals surface area (Å²) in [5.41, 5.74) is 3.21. The van der Waals surface area contributed by atoms with Crippen LogP contribution < -0.4 is 10.6 Å². The molecule has 11 heteroatoms. The molecular formula is C35H46Cl3N3O5. The first-order valence-electron chi connectivity index (χ1n) is 16.3. The Labute approximate surface area is 287 Å². The number of carbonyl (C=O) groups excluding carboxylic acids is 2. The van der Waals surface area contributed by atoms with Crippen LogP contribution in [0, 0.1) is 5.92 Å². The quantitative estimate of drug-likeness (QED) is 0.268. The van der Waals surface area contributed by atoms with Crippen molar-refractivity contribution in [3.63, 3.8) is 0 Å². The fraction of sp³-hybridized carbons (Fsp3) is 0.600. The number of aliphatic hydroxyl groups is 1. The van der Waals surface area contributed by atoms with Gasteiger partial charge >= 0.3 is 0 Å². The highest BCUT2D eigenvalue weighted by atomic mass is 35.6. The van der Waals surface area contributed by atoms with Crippen LogP contribution >= 0.6 is 34.8 Å². The van der Waals surface area contributed by atoms with Crippen LogP contribution in [0.1, 0.15) is 100 Å². The topological polar surface area (TPSA) is 100 Å². The van der Waals surface area contributed by atoms with Crippen LogP contribution in [0.15, 0.2) is 48.5 Å². The van der Waals surface area contributed by atoms with E-state index >= 15 is 0 Å². The highest BCUT2D eigenvalue weighted by Crippen LogP contribution is 2.42. The van der Waals surface area contributed by atoms with Crippen molar-refractivity contribution < 1.29 is 24.2 Å². The van der Waals surface area contributed by atoms with E-state index in [0.717, 1.165) is 41.5 Å². The van der Waals surface area contributed by atoms with Crippen molar-refractivity contribution in [1.29, 1.82) is 0 Å². The molecule has 46 heavy (non-hydrogen) atoms. The second kappa shape index (κ2) is 15.1. The van der Waals surface area contributed by atoms with Crippen LogP contribution in [-0.2, 0) is 32.2 Å². The van der Waals surface area contributed by atoms with Crippen molar-refractivity contribution in [2.75, 3.05) is 6.54 Å². The first-order valence-corrected chi connectivity index (χ1v) is 17.5. The number of fused-ring (bicyclic) bond motifs is 1. The first-order chi connectivity index (χ1) is 21.8. The van der Waals surface area contributed by atoms with Gasteiger partial charge in [0, 0.05) is 36.7 Å². The van der Waals surface area contributed by atoms with Crippen LogP contribution in [-0.4, -0.2) is 55.9 Å². The van der Waals surface area contributed by atoms with E-state index in [2.05, 4.69) is 15.5 Å². The Morgan fingerprint density at radius 3 is 2.20 bits per heavy atom. The molecule has 0 radical (unpaired) electrons. The smallest absolute Gasteiger partial charge is 0.272 e. The number of aliphatic hydroxyl groups excluding tert-OH is 1. The van der Waals surface area contributed by atoms with Gasteiger partial charge in [-0.2, -0.15) is 0 Å². The van der Waals surface area contributed by atoms with Crippen LogP contribution in [0.5, 0.6) is 0 Å². The SMILES string of the molecule is CC(C)(C)NC(=O)C1CCC2CCCCC2N1CC1CC(c2ccc(CO)cc2)OC(c2ccc(CNC(=O)C(Cl)(Cl)Cl)cc2)O1. The van der Waals surface area contributed by atoms with E-state index in [1.165, 1.54) is 19.3 Å². The van der Waals surface area contributed by atoms with Gasteiger partial charge in [-0.3, -0.25) is 14.5 Å². The van der Waals surface area contributed by atoms with Gasteiger partial charge in [0.1, 0.15) is 0 Å². The molecule has 6 unspecified atom stereocenters. The van der Waals surface area contributed by atoms with Gasteiger partial charge in [-0.1, -0.05) is 96.2 Å². The van der Waals surface area contributed by atoms with Gasteiger partial charge in [0.05, 0.1) is 24.9 Å². The predicted octanol–water partition coefficient (Wildman–Crippen LogP) is 6.65. The number of likely N-dealkylation sites (tertiary alicyclic amines) is 1. The van der Waals surface area contributed by atoms with E-state index < -0.39 is 16.0 Å². The maximum absolute atomic E-state index is 13.7. The summed E-state index contributed by atoms with van der Waals surface area (Å²) in [6.07, 6.45) is 6.23. The molecule has 3 aliphatic rings. The molecule has 2 amide bonds. The number of nitrogens with one attached hydrogen (secondary N) is 2. The third-order valence-corrected chi connectivity index (χ3v) is 9.81. The number of nitrogens with zero attached hydrogens (tertiary/aromatic N) is 1. The summed E-state index contributed by atoms with van der Waals surface area (Å²) in [6, 6.07) is 15.6. The molecule has 2 aromatic rings. The van der Waals surface area contributed by atoms with Gasteiger partial charge in [-0.25, -0.2) is 0 Å². The van der Waals surface area contributed by atoms with Gasteiger partial charge in [-0.05, 0) is 69.1 Å². The predicted molar refractivity (Wildman–Crippen MR) is 180 cm³/mol. The molecular weight excluding hydrogens is 649 g/mol. The Hall–Kier alpha value is -1.91. The van der Waals surface area contributed by atoms with E-state index in [1.54, 1.807) is 0 Å². The van der Waals surface area contributed by atoms with Crippen molar-refractivity contribution in [3.8, 4) is 0 Å². The number of halogens is 3. The average Bonchev–Trinajstić information content (AvgIpc) is 3.02. The standard InChI is InChI=1S/C35H46Cl3N3O5/c1-34(2,3)40-31(43)29-17-16-24-6-4-5-7-28(24)41(29)20-27-18-30(25-12-10-23(21-42)11-13-25)46-32(45-27)26-14-8-22(9-15-26)19-39-33(44)35(36,37)38/h8-15,24,27-30,32,42H,4-7,16-21H2,1-3H3,(H,39,44)(H,40,43). The Kier molecular flexibility index (Phi) is 11.6. The summed E-state index contributed by atoms with van der Waals surface area (Å²) in [6.45, 7) is 6.90. The summed E-state index contributed by atoms with van der Waals surface area (Å²) < 4.78 is 11.3. The van der Waals surface area contributed by atoms with Crippen molar-refractivity contribution >= 4 is 46.6 Å². The molecule has 252 valence electrons. The Morgan fingerprint density at radius 2 is 1.54 bits per heavy atom. The van der Waals surface area contributed by atoms with E-state index in [0.29, 0.717) is 24.9 Å². The second-order valence-electron chi connectivity index (χ2n) is 13.9. The third-order valence-electron chi connectivity index (χ3n) is 9.30. The molecule has 0 spiro atoms. The minimum Gasteiger partial charge on any atom is -0.392 e. The zero-order valence-corrected chi connectivity index (χ0v) is 29.1. The van der Waals surface area contributed by atoms with Gasteiger partial charge < -0.3 is 25.2 Å². The molecule has 0 bridgehead atoms. The summed E-state index contributed by atoms with van der Waals surface area (Å²) in [4.78, 5) is 28.1. The normalized spacial score (nSPS) is 27.5. The average molecular weight is 695 g/mol. The molecule has 6 atom stereocenters. The number of alkyl halides is 3. The number of rotatable bonds is 8. The number of amides is 2. The van der Waals surface area contributed by atoms with Crippen LogP contribution in [0.4, 0.5) is 0 Å². The van der Waals surface area contributed by atoms with Crippen molar-refractivity contribution in [2.24, 2.45) is 5.92 Å². The molecule has 1 saturated carbocycles. The molecule has 2 aromatic carbocycles. The van der Waals surface area contributed by atoms with Gasteiger partial charge in [-0.15, -0.1) is 0 Å². The van der Waals surface area contributed by atoms with Gasteiger partial charge in [0.25, 0.3) is 9.70 Å². The molecule has 2 aliphatic heterocycles. The minimum atomic E-state index is -2.03. The molecule has 8 nitrogen and oxygen atoms in total. The summed E-state index contributed by atoms with van der Waals surface area (Å²) in [7, 11) is 0. The molecule has 5 rings (SSSR count). The lowest BCUT2D eigenvalue weighted by Gasteiger charge is -2.50. The molecule has 0 aromatic heterocycles. The number of ether oxygens (including phenoxy) is 2. The van der Waals surface area contributed by atoms with Gasteiger partial charge in [0.2, 0.25) is 5.91 Å². The molecule has 3 fully saturated rings. The zero-order valence-electron chi connectivity index (χ0n) is 26.8.